The highest BCUT2D eigenvalue weighted by atomic mass is 16.5. The number of hydrogen-bond acceptors (Lipinski definition) is 5. The van der Waals surface area contributed by atoms with Gasteiger partial charge < -0.3 is 20.1 Å². The van der Waals surface area contributed by atoms with Gasteiger partial charge in [-0.15, -0.1) is 0 Å². The summed E-state index contributed by atoms with van der Waals surface area (Å²) in [4.78, 5) is 21.7. The minimum atomic E-state index is -1.47. The largest absolute Gasteiger partial charge is 0.479 e. The summed E-state index contributed by atoms with van der Waals surface area (Å²) in [6, 6.07) is 0. The Morgan fingerprint density at radius 3 is 2.81 bits per heavy atom. The number of carbonyl (C=O) groups is 2. The van der Waals surface area contributed by atoms with Crippen LogP contribution < -0.4 is 5.32 Å². The summed E-state index contributed by atoms with van der Waals surface area (Å²) >= 11 is 0. The molecule has 1 unspecified atom stereocenters. The van der Waals surface area contributed by atoms with Gasteiger partial charge in [-0.05, 0) is 6.92 Å². The topological polar surface area (TPSA) is 113 Å². The fraction of sp³-hybridized carbons (Fsp3) is 0.444. The van der Waals surface area contributed by atoms with E-state index in [1.54, 1.807) is 6.92 Å². The molecule has 3 N–H and O–H groups in total. The minimum Gasteiger partial charge on any atom is -0.479 e. The number of hydrogen-bond donors (Lipinski definition) is 3. The van der Waals surface area contributed by atoms with Crippen molar-refractivity contribution in [2.24, 2.45) is 0 Å². The first-order valence-electron chi connectivity index (χ1n) is 4.62. The molecule has 1 amide bonds. The summed E-state index contributed by atoms with van der Waals surface area (Å²) in [5, 5.41) is 23.2. The summed E-state index contributed by atoms with van der Waals surface area (Å²) in [6.07, 6.45) is -0.243. The molecule has 1 aromatic heterocycles. The third-order valence-corrected chi connectivity index (χ3v) is 1.98. The average Bonchev–Trinajstić information content (AvgIpc) is 2.64. The summed E-state index contributed by atoms with van der Waals surface area (Å²) in [7, 11) is 0. The smallest absolute Gasteiger partial charge is 0.332 e. The fourth-order valence-electron chi connectivity index (χ4n) is 1.06. The highest BCUT2D eigenvalue weighted by molar-refractivity contribution is 5.94. The molecule has 0 radical (unpaired) electrons. The summed E-state index contributed by atoms with van der Waals surface area (Å²) < 4.78 is 4.70. The molecule has 1 rings (SSSR count). The van der Waals surface area contributed by atoms with Gasteiger partial charge in [0.2, 0.25) is 0 Å². The van der Waals surface area contributed by atoms with Crippen molar-refractivity contribution in [1.29, 1.82) is 0 Å². The fourth-order valence-corrected chi connectivity index (χ4v) is 1.06. The molecule has 88 valence electrons. The van der Waals surface area contributed by atoms with Crippen LogP contribution in [0.25, 0.3) is 0 Å². The molecule has 0 fully saturated rings. The third kappa shape index (κ3) is 3.06. The van der Waals surface area contributed by atoms with Gasteiger partial charge in [0, 0.05) is 13.0 Å². The number of carbonyl (C=O) groups excluding carboxylic acids is 1. The molecule has 0 aromatic carbocycles. The second kappa shape index (κ2) is 5.26. The number of amides is 1. The van der Waals surface area contributed by atoms with E-state index in [-0.39, 0.29) is 13.0 Å². The first-order valence-corrected chi connectivity index (χ1v) is 4.62. The molecule has 7 heteroatoms. The lowest BCUT2D eigenvalue weighted by atomic mass is 10.2. The zero-order valence-electron chi connectivity index (χ0n) is 8.64. The first kappa shape index (κ1) is 12.2. The predicted octanol–water partition coefficient (Wildman–Crippen LogP) is -0.452. The Bertz CT molecular complexity index is 387. The molecule has 0 aliphatic heterocycles. The van der Waals surface area contributed by atoms with Gasteiger partial charge in [0.15, 0.2) is 6.10 Å². The predicted molar refractivity (Wildman–Crippen MR) is 51.8 cm³/mol. The number of nitrogens with zero attached hydrogens (tertiary/aromatic N) is 1. The number of carboxylic acids is 1. The van der Waals surface area contributed by atoms with Gasteiger partial charge in [0.25, 0.3) is 5.91 Å². The van der Waals surface area contributed by atoms with Crippen molar-refractivity contribution in [3.05, 3.63) is 17.5 Å². The SMILES string of the molecule is Cc1oncc1C(=O)NCCC(O)C(=O)O. The van der Waals surface area contributed by atoms with Crippen LogP contribution in [0.4, 0.5) is 0 Å². The Kier molecular flexibility index (Phi) is 4.01. The molecule has 1 atom stereocenters. The lowest BCUT2D eigenvalue weighted by Gasteiger charge is -2.06. The van der Waals surface area contributed by atoms with Gasteiger partial charge in [-0.25, -0.2) is 4.79 Å². The summed E-state index contributed by atoms with van der Waals surface area (Å²) in [6.45, 7) is 1.66. The minimum absolute atomic E-state index is 0.0502. The number of aryl methyl sites for hydroxylation is 1. The molecule has 1 aromatic rings. The van der Waals surface area contributed by atoms with Gasteiger partial charge in [0.05, 0.1) is 6.20 Å². The maximum absolute atomic E-state index is 11.4. The number of aliphatic carboxylic acids is 1. The van der Waals surface area contributed by atoms with Crippen molar-refractivity contribution in [3.8, 4) is 0 Å². The molecular formula is C9H12N2O5. The number of carboxylic acid groups (broad SMARTS) is 1. The average molecular weight is 228 g/mol. The lowest BCUT2D eigenvalue weighted by Crippen LogP contribution is -2.30. The maximum atomic E-state index is 11.4. The number of aromatic nitrogens is 1. The van der Waals surface area contributed by atoms with E-state index < -0.39 is 18.0 Å². The van der Waals surface area contributed by atoms with E-state index in [9.17, 15) is 9.59 Å². The first-order chi connectivity index (χ1) is 7.52. The highest BCUT2D eigenvalue weighted by Gasteiger charge is 2.15. The summed E-state index contributed by atoms with van der Waals surface area (Å²) in [5.41, 5.74) is 0.296. The van der Waals surface area contributed by atoms with Crippen LogP contribution in [0.2, 0.25) is 0 Å². The third-order valence-electron chi connectivity index (χ3n) is 1.98. The van der Waals surface area contributed by atoms with Crippen LogP contribution in [0.15, 0.2) is 10.7 Å². The van der Waals surface area contributed by atoms with Crippen molar-refractivity contribution < 1.29 is 24.3 Å². The number of rotatable bonds is 5. The van der Waals surface area contributed by atoms with Gasteiger partial charge in [-0.3, -0.25) is 4.79 Å². The molecule has 0 saturated carbocycles. The second-order valence-electron chi connectivity index (χ2n) is 3.19. The van der Waals surface area contributed by atoms with Crippen LogP contribution >= 0.6 is 0 Å². The van der Waals surface area contributed by atoms with Crippen molar-refractivity contribution in [2.75, 3.05) is 6.54 Å². The number of aliphatic hydroxyl groups is 1. The quantitative estimate of drug-likeness (QED) is 0.629. The molecule has 0 aliphatic carbocycles. The molecule has 1 heterocycles. The van der Waals surface area contributed by atoms with Crippen molar-refractivity contribution in [3.63, 3.8) is 0 Å². The van der Waals surface area contributed by atoms with Crippen LogP contribution in [0.3, 0.4) is 0 Å². The van der Waals surface area contributed by atoms with E-state index in [0.717, 1.165) is 0 Å². The van der Waals surface area contributed by atoms with Crippen LogP contribution in [0.1, 0.15) is 22.5 Å². The molecule has 0 saturated heterocycles. The number of aliphatic hydroxyl groups excluding tert-OH is 1. The van der Waals surface area contributed by atoms with Gasteiger partial charge in [-0.1, -0.05) is 5.16 Å². The van der Waals surface area contributed by atoms with Crippen LogP contribution in [0, 0.1) is 6.92 Å². The molecule has 0 bridgehead atoms. The lowest BCUT2D eigenvalue weighted by molar-refractivity contribution is -0.146. The van der Waals surface area contributed by atoms with Crippen LogP contribution in [-0.2, 0) is 4.79 Å². The van der Waals surface area contributed by atoms with Gasteiger partial charge >= 0.3 is 5.97 Å². The normalized spacial score (nSPS) is 12.1. The standard InChI is InChI=1S/C9H12N2O5/c1-5-6(4-11-16-5)8(13)10-3-2-7(12)9(14)15/h4,7,12H,2-3H2,1H3,(H,10,13)(H,14,15). The van der Waals surface area contributed by atoms with E-state index >= 15 is 0 Å². The summed E-state index contributed by atoms with van der Waals surface area (Å²) in [5.74, 6) is -1.33. The van der Waals surface area contributed by atoms with E-state index in [0.29, 0.717) is 11.3 Å². The van der Waals surface area contributed by atoms with Crippen molar-refractivity contribution in [2.45, 2.75) is 19.4 Å². The van der Waals surface area contributed by atoms with Crippen molar-refractivity contribution in [1.82, 2.24) is 10.5 Å². The molecule has 0 spiro atoms. The zero-order chi connectivity index (χ0) is 12.1. The second-order valence-corrected chi connectivity index (χ2v) is 3.19. The molecule has 7 nitrogen and oxygen atoms in total. The maximum Gasteiger partial charge on any atom is 0.332 e. The van der Waals surface area contributed by atoms with E-state index in [2.05, 4.69) is 10.5 Å². The Balaban J connectivity index is 2.37. The van der Waals surface area contributed by atoms with Crippen LogP contribution in [0.5, 0.6) is 0 Å². The molecule has 0 aliphatic rings. The van der Waals surface area contributed by atoms with E-state index in [4.69, 9.17) is 14.7 Å². The molecular weight excluding hydrogens is 216 g/mol. The molecule has 16 heavy (non-hydrogen) atoms. The van der Waals surface area contributed by atoms with E-state index in [1.807, 2.05) is 0 Å². The van der Waals surface area contributed by atoms with Crippen molar-refractivity contribution >= 4 is 11.9 Å². The van der Waals surface area contributed by atoms with Gasteiger partial charge in [0.1, 0.15) is 11.3 Å². The monoisotopic (exact) mass is 228 g/mol. The number of nitrogens with one attached hydrogen (secondary N) is 1. The Morgan fingerprint density at radius 1 is 1.62 bits per heavy atom. The highest BCUT2D eigenvalue weighted by Crippen LogP contribution is 2.05. The zero-order valence-corrected chi connectivity index (χ0v) is 8.64. The van der Waals surface area contributed by atoms with Gasteiger partial charge in [-0.2, -0.15) is 0 Å². The Labute approximate surface area is 91.0 Å². The van der Waals surface area contributed by atoms with E-state index in [1.165, 1.54) is 6.20 Å². The Morgan fingerprint density at radius 2 is 2.31 bits per heavy atom. The van der Waals surface area contributed by atoms with Crippen LogP contribution in [-0.4, -0.2) is 39.9 Å². The Hall–Kier alpha value is -1.89.